The van der Waals surface area contributed by atoms with Crippen LogP contribution in [0.3, 0.4) is 0 Å². The smallest absolute Gasteiger partial charge is 0.183 e. The third kappa shape index (κ3) is 4.30. The molecule has 1 aromatic carbocycles. The molecule has 1 fully saturated rings. The van der Waals surface area contributed by atoms with Crippen molar-refractivity contribution in [2.24, 2.45) is 0 Å². The lowest BCUT2D eigenvalue weighted by atomic mass is 9.91. The van der Waals surface area contributed by atoms with Crippen molar-refractivity contribution < 1.29 is 17.6 Å². The lowest BCUT2D eigenvalue weighted by molar-refractivity contribution is 0.423. The van der Waals surface area contributed by atoms with E-state index < -0.39 is 23.3 Å². The van der Waals surface area contributed by atoms with Crippen LogP contribution in [0.5, 0.6) is 0 Å². The first kappa shape index (κ1) is 21.1. The standard InChI is InChI=1S/C22H19F4N7/c23-11-4-14-15(7-28-19(14)16(24)5-11)20-29-9-18(26)22(33-20)32-13-3-1-2-12(6-13)31-21-17(25)8-27-10-30-21/h4-5,7-10,12-13,28H,1-3,6H2,(H,27,30,31)(H,29,32,33)/t12-,13+/m1/s1. The van der Waals surface area contributed by atoms with Crippen LogP contribution in [0.25, 0.3) is 22.3 Å². The SMILES string of the molecule is Fc1cc(F)c2[nH]cc(-c3ncc(F)c(N[C@H]4CCC[C@@H](Nc5ncncc5F)C4)n3)c2c1. The second-order valence-electron chi connectivity index (χ2n) is 7.97. The fourth-order valence-electron chi connectivity index (χ4n) is 4.20. The minimum atomic E-state index is -0.738. The first-order valence-corrected chi connectivity index (χ1v) is 10.5. The van der Waals surface area contributed by atoms with Gasteiger partial charge in [-0.05, 0) is 31.7 Å². The van der Waals surface area contributed by atoms with Gasteiger partial charge in [0.05, 0.1) is 17.9 Å². The summed E-state index contributed by atoms with van der Waals surface area (Å²) in [6.07, 6.45) is 7.85. The van der Waals surface area contributed by atoms with Gasteiger partial charge in [0.25, 0.3) is 0 Å². The number of aromatic nitrogens is 5. The molecule has 2 atom stereocenters. The molecule has 3 heterocycles. The predicted molar refractivity (Wildman–Crippen MR) is 114 cm³/mol. The number of H-pyrrole nitrogens is 1. The number of nitrogens with one attached hydrogen (secondary N) is 3. The van der Waals surface area contributed by atoms with E-state index in [0.717, 1.165) is 37.7 Å². The Hall–Kier alpha value is -3.76. The summed E-state index contributed by atoms with van der Waals surface area (Å²) < 4.78 is 56.1. The van der Waals surface area contributed by atoms with Crippen molar-refractivity contribution in [3.8, 4) is 11.4 Å². The van der Waals surface area contributed by atoms with Gasteiger partial charge in [-0.2, -0.15) is 0 Å². The van der Waals surface area contributed by atoms with Crippen molar-refractivity contribution >= 4 is 22.5 Å². The molecular formula is C22H19F4N7. The van der Waals surface area contributed by atoms with Gasteiger partial charge in [-0.25, -0.2) is 37.5 Å². The van der Waals surface area contributed by atoms with Gasteiger partial charge in [0.2, 0.25) is 0 Å². The summed E-state index contributed by atoms with van der Waals surface area (Å²) >= 11 is 0. The second-order valence-corrected chi connectivity index (χ2v) is 7.97. The molecule has 0 spiro atoms. The van der Waals surface area contributed by atoms with Crippen molar-refractivity contribution in [2.45, 2.75) is 37.8 Å². The highest BCUT2D eigenvalue weighted by molar-refractivity contribution is 5.94. The molecule has 3 N–H and O–H groups in total. The van der Waals surface area contributed by atoms with E-state index >= 15 is 0 Å². The summed E-state index contributed by atoms with van der Waals surface area (Å²) in [4.78, 5) is 18.6. The molecule has 1 aliphatic rings. The summed E-state index contributed by atoms with van der Waals surface area (Å²) in [7, 11) is 0. The van der Waals surface area contributed by atoms with Crippen molar-refractivity contribution in [3.05, 3.63) is 60.3 Å². The van der Waals surface area contributed by atoms with Gasteiger partial charge in [0.1, 0.15) is 18.0 Å². The monoisotopic (exact) mass is 457 g/mol. The number of halogens is 4. The van der Waals surface area contributed by atoms with E-state index in [1.54, 1.807) is 0 Å². The minimum Gasteiger partial charge on any atom is -0.365 e. The number of rotatable bonds is 5. The molecular weight excluding hydrogens is 438 g/mol. The molecule has 33 heavy (non-hydrogen) atoms. The van der Waals surface area contributed by atoms with Crippen LogP contribution >= 0.6 is 0 Å². The van der Waals surface area contributed by atoms with Crippen LogP contribution in [-0.4, -0.2) is 37.0 Å². The second kappa shape index (κ2) is 8.64. The summed E-state index contributed by atoms with van der Waals surface area (Å²) in [6.45, 7) is 0. The highest BCUT2D eigenvalue weighted by Crippen LogP contribution is 2.30. The van der Waals surface area contributed by atoms with Crippen LogP contribution in [0.1, 0.15) is 25.7 Å². The van der Waals surface area contributed by atoms with Gasteiger partial charge in [-0.15, -0.1) is 0 Å². The van der Waals surface area contributed by atoms with Crippen LogP contribution in [0.2, 0.25) is 0 Å². The lowest BCUT2D eigenvalue weighted by Crippen LogP contribution is -2.35. The lowest BCUT2D eigenvalue weighted by Gasteiger charge is -2.31. The molecule has 4 aromatic rings. The first-order chi connectivity index (χ1) is 16.0. The number of hydrogen-bond acceptors (Lipinski definition) is 6. The molecule has 7 nitrogen and oxygen atoms in total. The van der Waals surface area contributed by atoms with Gasteiger partial charge in [-0.1, -0.05) is 0 Å². The Balaban J connectivity index is 1.36. The molecule has 0 amide bonds. The van der Waals surface area contributed by atoms with E-state index in [9.17, 15) is 17.6 Å². The summed E-state index contributed by atoms with van der Waals surface area (Å²) in [5, 5.41) is 6.44. The zero-order valence-corrected chi connectivity index (χ0v) is 17.2. The Bertz CT molecular complexity index is 1310. The highest BCUT2D eigenvalue weighted by Gasteiger charge is 2.25. The quantitative estimate of drug-likeness (QED) is 0.373. The van der Waals surface area contributed by atoms with Gasteiger partial charge < -0.3 is 15.6 Å². The normalized spacial score (nSPS) is 18.4. The molecule has 5 rings (SSSR count). The average molecular weight is 457 g/mol. The molecule has 170 valence electrons. The Labute approximate surface area is 185 Å². The highest BCUT2D eigenvalue weighted by atomic mass is 19.1. The number of benzene rings is 1. The molecule has 3 aromatic heterocycles. The Morgan fingerprint density at radius 1 is 0.879 bits per heavy atom. The van der Waals surface area contributed by atoms with Crippen LogP contribution in [0, 0.1) is 23.3 Å². The molecule has 1 aliphatic carbocycles. The van der Waals surface area contributed by atoms with E-state index in [1.807, 2.05) is 0 Å². The van der Waals surface area contributed by atoms with E-state index in [4.69, 9.17) is 0 Å². The molecule has 0 unspecified atom stereocenters. The van der Waals surface area contributed by atoms with E-state index in [2.05, 4.69) is 35.6 Å². The van der Waals surface area contributed by atoms with Gasteiger partial charge in [0.15, 0.2) is 29.1 Å². The minimum absolute atomic E-state index is 0.00917. The topological polar surface area (TPSA) is 91.4 Å². The summed E-state index contributed by atoms with van der Waals surface area (Å²) in [5.74, 6) is -2.41. The van der Waals surface area contributed by atoms with Crippen LogP contribution in [-0.2, 0) is 0 Å². The molecule has 0 saturated heterocycles. The van der Waals surface area contributed by atoms with E-state index in [1.165, 1.54) is 18.6 Å². The number of anilines is 2. The van der Waals surface area contributed by atoms with E-state index in [-0.39, 0.29) is 40.4 Å². The molecule has 1 saturated carbocycles. The number of fused-ring (bicyclic) bond motifs is 1. The first-order valence-electron chi connectivity index (χ1n) is 10.5. The third-order valence-electron chi connectivity index (χ3n) is 5.71. The maximum atomic E-state index is 14.5. The predicted octanol–water partition coefficient (Wildman–Crippen LogP) is 4.81. The van der Waals surface area contributed by atoms with Crippen LogP contribution in [0.15, 0.2) is 37.1 Å². The van der Waals surface area contributed by atoms with Crippen molar-refractivity contribution in [3.63, 3.8) is 0 Å². The largest absolute Gasteiger partial charge is 0.365 e. The van der Waals surface area contributed by atoms with Crippen molar-refractivity contribution in [2.75, 3.05) is 10.6 Å². The molecule has 11 heteroatoms. The van der Waals surface area contributed by atoms with Gasteiger partial charge in [0, 0.05) is 35.3 Å². The maximum absolute atomic E-state index is 14.5. The maximum Gasteiger partial charge on any atom is 0.183 e. The molecule has 0 aliphatic heterocycles. The van der Waals surface area contributed by atoms with Crippen LogP contribution in [0.4, 0.5) is 29.2 Å². The molecule has 0 bridgehead atoms. The number of hydrogen-bond donors (Lipinski definition) is 3. The zero-order valence-electron chi connectivity index (χ0n) is 17.2. The van der Waals surface area contributed by atoms with Gasteiger partial charge >= 0.3 is 0 Å². The number of aromatic amines is 1. The Morgan fingerprint density at radius 3 is 2.42 bits per heavy atom. The van der Waals surface area contributed by atoms with Crippen molar-refractivity contribution in [1.82, 2.24) is 24.9 Å². The van der Waals surface area contributed by atoms with E-state index in [0.29, 0.717) is 12.0 Å². The molecule has 0 radical (unpaired) electrons. The Morgan fingerprint density at radius 2 is 1.64 bits per heavy atom. The summed E-state index contributed by atoms with van der Waals surface area (Å²) in [5.41, 5.74) is 0.473. The average Bonchev–Trinajstić information content (AvgIpc) is 3.21. The number of nitrogens with zero attached hydrogens (tertiary/aromatic N) is 4. The third-order valence-corrected chi connectivity index (χ3v) is 5.71. The van der Waals surface area contributed by atoms with Crippen LogP contribution < -0.4 is 10.6 Å². The fourth-order valence-corrected chi connectivity index (χ4v) is 4.20. The Kier molecular flexibility index (Phi) is 5.53. The van der Waals surface area contributed by atoms with Crippen molar-refractivity contribution in [1.29, 1.82) is 0 Å². The fraction of sp³-hybridized carbons (Fsp3) is 0.273. The summed E-state index contributed by atoms with van der Waals surface area (Å²) in [6, 6.07) is 1.76. The van der Waals surface area contributed by atoms with Gasteiger partial charge in [-0.3, -0.25) is 0 Å². The zero-order chi connectivity index (χ0) is 22.9.